The Morgan fingerprint density at radius 1 is 1.11 bits per heavy atom. The molecule has 2 aromatic rings. The van der Waals surface area contributed by atoms with Gasteiger partial charge in [0.15, 0.2) is 0 Å². The van der Waals surface area contributed by atoms with Crippen molar-refractivity contribution in [1.82, 2.24) is 20.2 Å². The first-order chi connectivity index (χ1) is 20.6. The molecule has 5 rings (SSSR count). The Morgan fingerprint density at radius 3 is 2.55 bits per heavy atom. The van der Waals surface area contributed by atoms with Gasteiger partial charge in [0.1, 0.15) is 35.5 Å². The second-order valence-electron chi connectivity index (χ2n) is 13.5. The largest absolute Gasteiger partial charge is 0.573 e. The van der Waals surface area contributed by atoms with Gasteiger partial charge in [-0.2, -0.15) is 0 Å². The smallest absolute Gasteiger partial charge is 0.471 e. The van der Waals surface area contributed by atoms with E-state index in [4.69, 9.17) is 14.5 Å². The predicted octanol–water partition coefficient (Wildman–Crippen LogP) is 5.36. The molecule has 1 saturated heterocycles. The zero-order valence-electron chi connectivity index (χ0n) is 25.6. The van der Waals surface area contributed by atoms with E-state index in [9.17, 15) is 27.6 Å². The molecule has 1 aliphatic carbocycles. The number of alkyl carbamates (subject to hydrolysis) is 1. The predicted molar refractivity (Wildman–Crippen MR) is 153 cm³/mol. The van der Waals surface area contributed by atoms with Crippen LogP contribution >= 0.6 is 0 Å². The fourth-order valence-electron chi connectivity index (χ4n) is 6.21. The maximum atomic E-state index is 14.0. The van der Waals surface area contributed by atoms with Crippen molar-refractivity contribution in [2.75, 3.05) is 6.54 Å². The van der Waals surface area contributed by atoms with E-state index in [1.807, 2.05) is 27.7 Å². The van der Waals surface area contributed by atoms with Crippen LogP contribution in [0.5, 0.6) is 11.6 Å². The monoisotopic (exact) mass is 620 g/mol. The van der Waals surface area contributed by atoms with Gasteiger partial charge in [0, 0.05) is 17.9 Å². The number of aromatic nitrogens is 2. The minimum Gasteiger partial charge on any atom is -0.471 e. The van der Waals surface area contributed by atoms with Gasteiger partial charge in [-0.3, -0.25) is 4.79 Å². The standard InChI is InChI=1S/C31H39F3N4O6/c1-17-23(16-39)38-15-24(17)42-26-21(35-20-12-11-19(13-22(20)36-26)43-31(32,33)34)10-8-6-7-9-18-14-30(18,5)44-28(41)37-25(27(38)40)29(2,3)4/h11-13,16-18,23-25H,6-10,14-15H2,1-5H3,(H,37,41)/t17-,18+,23+,24-,25+,30+/m0/s1. The molecular weight excluding hydrogens is 581 g/mol. The van der Waals surface area contributed by atoms with Gasteiger partial charge in [-0.05, 0) is 50.2 Å². The number of fused-ring (bicyclic) bond motifs is 5. The third-order valence-corrected chi connectivity index (χ3v) is 8.97. The van der Waals surface area contributed by atoms with E-state index in [2.05, 4.69) is 15.0 Å². The number of hydrogen-bond donors (Lipinski definition) is 1. The highest BCUT2D eigenvalue weighted by atomic mass is 19.4. The van der Waals surface area contributed by atoms with Gasteiger partial charge >= 0.3 is 12.5 Å². The van der Waals surface area contributed by atoms with Crippen molar-refractivity contribution in [1.29, 1.82) is 0 Å². The molecular formula is C31H39F3N4O6. The number of alkyl halides is 3. The second-order valence-corrected chi connectivity index (χ2v) is 13.5. The zero-order chi connectivity index (χ0) is 32.0. The molecule has 10 nitrogen and oxygen atoms in total. The molecule has 0 radical (unpaired) electrons. The SMILES string of the molecule is C[C@@H]1[C@@H]2CN(C(=O)[C@H](C(C)(C)C)NC(=O)O[C@]3(C)C[C@H]3CCCCCc3nc4ccc(OC(F)(F)F)cc4nc3O2)[C@@H]1C=O. The number of carbonyl (C=O) groups excluding carboxylic acids is 3. The summed E-state index contributed by atoms with van der Waals surface area (Å²) >= 11 is 0. The highest BCUT2D eigenvalue weighted by Gasteiger charge is 2.54. The lowest BCUT2D eigenvalue weighted by molar-refractivity contribution is -0.274. The Labute approximate surface area is 254 Å². The highest BCUT2D eigenvalue weighted by molar-refractivity contribution is 5.89. The van der Waals surface area contributed by atoms with Gasteiger partial charge in [0.05, 0.1) is 23.6 Å². The summed E-state index contributed by atoms with van der Waals surface area (Å²) in [5.41, 5.74) is -0.215. The Balaban J connectivity index is 1.50. The first kappa shape index (κ1) is 31.8. The molecule has 6 atom stereocenters. The molecule has 2 amide bonds. The summed E-state index contributed by atoms with van der Waals surface area (Å²) in [6, 6.07) is 1.94. The number of halogens is 3. The van der Waals surface area contributed by atoms with Crippen LogP contribution in [-0.2, 0) is 20.7 Å². The molecule has 0 spiro atoms. The number of ether oxygens (including phenoxy) is 3. The molecule has 2 fully saturated rings. The molecule has 13 heteroatoms. The molecule has 3 heterocycles. The van der Waals surface area contributed by atoms with Crippen molar-refractivity contribution in [2.24, 2.45) is 17.3 Å². The molecule has 44 heavy (non-hydrogen) atoms. The topological polar surface area (TPSA) is 120 Å². The normalized spacial score (nSPS) is 30.2. The van der Waals surface area contributed by atoms with E-state index in [-0.39, 0.29) is 23.9 Å². The lowest BCUT2D eigenvalue weighted by Gasteiger charge is -2.34. The van der Waals surface area contributed by atoms with Gasteiger partial charge in [0.25, 0.3) is 0 Å². The van der Waals surface area contributed by atoms with E-state index in [1.165, 1.54) is 17.0 Å². The lowest BCUT2D eigenvalue weighted by atomic mass is 9.85. The third-order valence-electron chi connectivity index (χ3n) is 8.97. The van der Waals surface area contributed by atoms with Crippen LogP contribution < -0.4 is 14.8 Å². The number of nitrogens with one attached hydrogen (secondary N) is 1. The lowest BCUT2D eigenvalue weighted by Crippen LogP contribution is -2.56. The fraction of sp³-hybridized carbons (Fsp3) is 0.645. The van der Waals surface area contributed by atoms with E-state index < -0.39 is 59.2 Å². The molecule has 0 unspecified atom stereocenters. The van der Waals surface area contributed by atoms with Crippen LogP contribution in [-0.4, -0.2) is 69.9 Å². The number of aldehydes is 1. The van der Waals surface area contributed by atoms with Crippen molar-refractivity contribution < 1.29 is 41.8 Å². The summed E-state index contributed by atoms with van der Waals surface area (Å²) in [4.78, 5) is 49.9. The van der Waals surface area contributed by atoms with Crippen LogP contribution in [0, 0.1) is 17.3 Å². The Kier molecular flexibility index (Phi) is 8.45. The van der Waals surface area contributed by atoms with Crippen molar-refractivity contribution in [2.45, 2.75) is 103 Å². The van der Waals surface area contributed by atoms with E-state index >= 15 is 0 Å². The average molecular weight is 621 g/mol. The Bertz CT molecular complexity index is 1430. The number of carbonyl (C=O) groups is 3. The van der Waals surface area contributed by atoms with Crippen molar-refractivity contribution in [3.05, 3.63) is 23.9 Å². The average Bonchev–Trinajstić information content (AvgIpc) is 3.44. The van der Waals surface area contributed by atoms with Crippen LogP contribution in [0.15, 0.2) is 18.2 Å². The van der Waals surface area contributed by atoms with Crippen molar-refractivity contribution in [3.63, 3.8) is 0 Å². The van der Waals surface area contributed by atoms with Crippen molar-refractivity contribution >= 4 is 29.3 Å². The zero-order valence-corrected chi connectivity index (χ0v) is 25.6. The number of rotatable bonds is 2. The summed E-state index contributed by atoms with van der Waals surface area (Å²) in [5, 5.41) is 2.77. The summed E-state index contributed by atoms with van der Waals surface area (Å²) in [5.74, 6) is -0.979. The molecule has 1 aromatic carbocycles. The quantitative estimate of drug-likeness (QED) is 0.446. The van der Waals surface area contributed by atoms with Gasteiger partial charge in [-0.15, -0.1) is 13.2 Å². The van der Waals surface area contributed by atoms with Crippen LogP contribution in [0.2, 0.25) is 0 Å². The number of hydrogen-bond acceptors (Lipinski definition) is 8. The van der Waals surface area contributed by atoms with Crippen LogP contribution in [0.3, 0.4) is 0 Å². The summed E-state index contributed by atoms with van der Waals surface area (Å²) in [6.45, 7) is 9.17. The summed E-state index contributed by atoms with van der Waals surface area (Å²) in [6.07, 6.45) is -0.876. The number of amides is 2. The van der Waals surface area contributed by atoms with Gasteiger partial charge < -0.3 is 29.2 Å². The van der Waals surface area contributed by atoms with E-state index in [0.717, 1.165) is 38.2 Å². The van der Waals surface area contributed by atoms with E-state index in [0.29, 0.717) is 23.9 Å². The van der Waals surface area contributed by atoms with Gasteiger partial charge in [-0.1, -0.05) is 40.5 Å². The maximum Gasteiger partial charge on any atom is 0.573 e. The maximum absolute atomic E-state index is 14.0. The summed E-state index contributed by atoms with van der Waals surface area (Å²) < 4.78 is 54.9. The van der Waals surface area contributed by atoms with E-state index in [1.54, 1.807) is 6.92 Å². The molecule has 1 saturated carbocycles. The fourth-order valence-corrected chi connectivity index (χ4v) is 6.21. The van der Waals surface area contributed by atoms with Crippen LogP contribution in [0.4, 0.5) is 18.0 Å². The number of nitrogens with zero attached hydrogens (tertiary/aromatic N) is 3. The first-order valence-corrected chi connectivity index (χ1v) is 15.1. The molecule has 2 aliphatic heterocycles. The molecule has 1 N–H and O–H groups in total. The van der Waals surface area contributed by atoms with Crippen LogP contribution in [0.25, 0.3) is 11.0 Å². The Hall–Kier alpha value is -3.64. The number of aryl methyl sites for hydroxylation is 1. The molecule has 3 aliphatic rings. The van der Waals surface area contributed by atoms with Crippen molar-refractivity contribution in [3.8, 4) is 11.6 Å². The molecule has 1 aromatic heterocycles. The third kappa shape index (κ3) is 6.86. The minimum atomic E-state index is -4.87. The Morgan fingerprint density at radius 2 is 1.86 bits per heavy atom. The van der Waals surface area contributed by atoms with Crippen LogP contribution in [0.1, 0.15) is 72.4 Å². The first-order valence-electron chi connectivity index (χ1n) is 15.1. The van der Waals surface area contributed by atoms with Gasteiger partial charge in [0.2, 0.25) is 11.8 Å². The number of benzene rings is 1. The van der Waals surface area contributed by atoms with Gasteiger partial charge in [-0.25, -0.2) is 14.8 Å². The molecule has 240 valence electrons. The summed E-state index contributed by atoms with van der Waals surface area (Å²) in [7, 11) is 0. The highest BCUT2D eigenvalue weighted by Crippen LogP contribution is 2.49. The second kappa shape index (κ2) is 11.7. The minimum absolute atomic E-state index is 0.0306. The molecule has 2 bridgehead atoms.